The Kier molecular flexibility index (Phi) is 3.40. The number of halogens is 4. The Morgan fingerprint density at radius 3 is 2.62 bits per heavy atom. The van der Waals surface area contributed by atoms with E-state index in [0.717, 1.165) is 12.8 Å². The van der Waals surface area contributed by atoms with Gasteiger partial charge in [0, 0.05) is 12.6 Å². The number of nitrogens with one attached hydrogen (secondary N) is 1. The van der Waals surface area contributed by atoms with Crippen molar-refractivity contribution in [1.29, 1.82) is 0 Å². The minimum atomic E-state index is -4.74. The molecular weight excluding hydrogens is 290 g/mol. The molecule has 4 nitrogen and oxygen atoms in total. The molecule has 1 aromatic heterocycles. The normalized spacial score (nSPS) is 15.4. The van der Waals surface area contributed by atoms with Crippen LogP contribution in [-0.4, -0.2) is 16.2 Å². The molecule has 1 N–H and O–H groups in total. The number of alkyl halides is 3. The fourth-order valence-electron chi connectivity index (χ4n) is 1.85. The maximum absolute atomic E-state index is 14.0. The summed E-state index contributed by atoms with van der Waals surface area (Å²) in [7, 11) is 0. The van der Waals surface area contributed by atoms with Crippen LogP contribution in [0.3, 0.4) is 0 Å². The van der Waals surface area contributed by atoms with E-state index in [9.17, 15) is 17.6 Å². The number of benzene rings is 1. The molecule has 1 aromatic carbocycles. The molecule has 1 heterocycles. The van der Waals surface area contributed by atoms with Gasteiger partial charge in [-0.05, 0) is 30.5 Å². The van der Waals surface area contributed by atoms with Gasteiger partial charge in [0.1, 0.15) is 5.82 Å². The number of nitrogens with zero attached hydrogens (tertiary/aromatic N) is 2. The average Bonchev–Trinajstić information content (AvgIpc) is 3.10. The second kappa shape index (κ2) is 5.10. The van der Waals surface area contributed by atoms with Crippen molar-refractivity contribution in [3.05, 3.63) is 35.5 Å². The van der Waals surface area contributed by atoms with Gasteiger partial charge in [-0.15, -0.1) is 0 Å². The van der Waals surface area contributed by atoms with Crippen molar-refractivity contribution in [3.8, 4) is 11.4 Å². The Labute approximate surface area is 117 Å². The summed E-state index contributed by atoms with van der Waals surface area (Å²) in [6.45, 7) is 0.516. The molecule has 0 amide bonds. The Bertz CT molecular complexity index is 649. The van der Waals surface area contributed by atoms with Crippen LogP contribution in [0.4, 0.5) is 17.6 Å². The quantitative estimate of drug-likeness (QED) is 0.881. The Morgan fingerprint density at radius 1 is 1.29 bits per heavy atom. The summed E-state index contributed by atoms with van der Waals surface area (Å²) in [6.07, 6.45) is -2.51. The molecule has 0 unspecified atom stereocenters. The van der Waals surface area contributed by atoms with Gasteiger partial charge < -0.3 is 9.84 Å². The molecule has 3 rings (SSSR count). The fraction of sp³-hybridized carbons (Fsp3) is 0.385. The maximum atomic E-state index is 14.0. The molecule has 1 saturated carbocycles. The molecule has 0 bridgehead atoms. The van der Waals surface area contributed by atoms with Gasteiger partial charge in [0.15, 0.2) is 0 Å². The molecule has 0 spiro atoms. The zero-order valence-corrected chi connectivity index (χ0v) is 10.7. The second-order valence-corrected chi connectivity index (χ2v) is 4.89. The van der Waals surface area contributed by atoms with Crippen LogP contribution in [0, 0.1) is 5.82 Å². The molecule has 0 atom stereocenters. The molecule has 0 saturated heterocycles. The molecule has 1 aliphatic rings. The highest BCUT2D eigenvalue weighted by atomic mass is 19.4. The zero-order chi connectivity index (χ0) is 15.0. The Hall–Kier alpha value is -1.96. The molecule has 0 aliphatic heterocycles. The predicted molar refractivity (Wildman–Crippen MR) is 64.6 cm³/mol. The van der Waals surface area contributed by atoms with Crippen molar-refractivity contribution >= 4 is 0 Å². The van der Waals surface area contributed by atoms with Gasteiger partial charge in [-0.25, -0.2) is 4.39 Å². The summed E-state index contributed by atoms with van der Waals surface area (Å²) in [4.78, 5) is 3.17. The third-order valence-corrected chi connectivity index (χ3v) is 3.12. The summed E-state index contributed by atoms with van der Waals surface area (Å²) in [5.41, 5.74) is 0.590. The molecular formula is C13H11F4N3O. The van der Waals surface area contributed by atoms with Crippen LogP contribution >= 0.6 is 0 Å². The highest BCUT2D eigenvalue weighted by molar-refractivity contribution is 5.55. The van der Waals surface area contributed by atoms with Crippen LogP contribution < -0.4 is 5.32 Å². The number of rotatable bonds is 4. The van der Waals surface area contributed by atoms with E-state index in [1.54, 1.807) is 6.07 Å². The van der Waals surface area contributed by atoms with Gasteiger partial charge in [0.05, 0.1) is 5.56 Å². The van der Waals surface area contributed by atoms with E-state index in [1.165, 1.54) is 12.1 Å². The topological polar surface area (TPSA) is 51.0 Å². The van der Waals surface area contributed by atoms with E-state index in [4.69, 9.17) is 0 Å². The summed E-state index contributed by atoms with van der Waals surface area (Å²) in [5.74, 6) is -2.59. The average molecular weight is 301 g/mol. The monoisotopic (exact) mass is 301 g/mol. The second-order valence-electron chi connectivity index (χ2n) is 4.89. The first-order chi connectivity index (χ1) is 9.93. The minimum Gasteiger partial charge on any atom is -0.329 e. The van der Waals surface area contributed by atoms with E-state index < -0.39 is 23.7 Å². The highest BCUT2D eigenvalue weighted by Gasteiger charge is 2.38. The third-order valence-electron chi connectivity index (χ3n) is 3.12. The van der Waals surface area contributed by atoms with E-state index in [0.29, 0.717) is 18.2 Å². The first-order valence-corrected chi connectivity index (χ1v) is 6.36. The molecule has 2 aromatic rings. The van der Waals surface area contributed by atoms with Crippen molar-refractivity contribution < 1.29 is 22.1 Å². The van der Waals surface area contributed by atoms with Crippen LogP contribution in [0.25, 0.3) is 11.4 Å². The first kappa shape index (κ1) is 14.0. The molecule has 0 radical (unpaired) electrons. The van der Waals surface area contributed by atoms with Crippen molar-refractivity contribution in [2.24, 2.45) is 0 Å². The largest absolute Gasteiger partial charge is 0.471 e. The molecule has 112 valence electrons. The Morgan fingerprint density at radius 2 is 2.05 bits per heavy atom. The van der Waals surface area contributed by atoms with Gasteiger partial charge >= 0.3 is 12.1 Å². The van der Waals surface area contributed by atoms with E-state index >= 15 is 0 Å². The maximum Gasteiger partial charge on any atom is 0.471 e. The third kappa shape index (κ3) is 3.21. The Balaban J connectivity index is 1.79. The molecule has 1 fully saturated rings. The first-order valence-electron chi connectivity index (χ1n) is 6.36. The lowest BCUT2D eigenvalue weighted by molar-refractivity contribution is -0.159. The SMILES string of the molecule is Fc1cc(CNC2CC2)ccc1-c1noc(C(F)(F)F)n1. The lowest BCUT2D eigenvalue weighted by Gasteiger charge is -2.05. The highest BCUT2D eigenvalue weighted by Crippen LogP contribution is 2.30. The van der Waals surface area contributed by atoms with E-state index in [2.05, 4.69) is 20.0 Å². The van der Waals surface area contributed by atoms with Crippen LogP contribution in [0.15, 0.2) is 22.7 Å². The van der Waals surface area contributed by atoms with Crippen molar-refractivity contribution in [2.45, 2.75) is 31.6 Å². The van der Waals surface area contributed by atoms with Gasteiger partial charge in [0.2, 0.25) is 5.82 Å². The summed E-state index contributed by atoms with van der Waals surface area (Å²) >= 11 is 0. The van der Waals surface area contributed by atoms with Crippen molar-refractivity contribution in [3.63, 3.8) is 0 Å². The summed E-state index contributed by atoms with van der Waals surface area (Å²) in [5, 5.41) is 6.38. The minimum absolute atomic E-state index is 0.121. The number of aromatic nitrogens is 2. The van der Waals surface area contributed by atoms with Crippen LogP contribution in [0.2, 0.25) is 0 Å². The van der Waals surface area contributed by atoms with Crippen LogP contribution in [0.5, 0.6) is 0 Å². The lowest BCUT2D eigenvalue weighted by atomic mass is 10.1. The zero-order valence-electron chi connectivity index (χ0n) is 10.7. The lowest BCUT2D eigenvalue weighted by Crippen LogP contribution is -2.15. The van der Waals surface area contributed by atoms with Gasteiger partial charge in [-0.2, -0.15) is 18.2 Å². The van der Waals surface area contributed by atoms with Gasteiger partial charge in [0.25, 0.3) is 0 Å². The van der Waals surface area contributed by atoms with Crippen LogP contribution in [0.1, 0.15) is 24.3 Å². The van der Waals surface area contributed by atoms with Crippen molar-refractivity contribution in [2.75, 3.05) is 0 Å². The number of hydrogen-bond donors (Lipinski definition) is 1. The predicted octanol–water partition coefficient (Wildman–Crippen LogP) is 3.15. The fourth-order valence-corrected chi connectivity index (χ4v) is 1.85. The number of hydrogen-bond acceptors (Lipinski definition) is 4. The van der Waals surface area contributed by atoms with Crippen LogP contribution in [-0.2, 0) is 12.7 Å². The summed E-state index contributed by atoms with van der Waals surface area (Å²) < 4.78 is 55.1. The van der Waals surface area contributed by atoms with Gasteiger partial charge in [-0.3, -0.25) is 0 Å². The smallest absolute Gasteiger partial charge is 0.329 e. The molecule has 1 aliphatic carbocycles. The summed E-state index contributed by atoms with van der Waals surface area (Å²) in [6, 6.07) is 4.72. The molecule has 21 heavy (non-hydrogen) atoms. The van der Waals surface area contributed by atoms with E-state index in [-0.39, 0.29) is 5.56 Å². The van der Waals surface area contributed by atoms with Gasteiger partial charge in [-0.1, -0.05) is 11.2 Å². The van der Waals surface area contributed by atoms with Crippen molar-refractivity contribution in [1.82, 2.24) is 15.5 Å². The van der Waals surface area contributed by atoms with E-state index in [1.807, 2.05) is 0 Å². The molecule has 8 heteroatoms. The standard InChI is InChI=1S/C13H11F4N3O/c14-10-5-7(6-18-8-2-3-8)1-4-9(10)11-19-12(21-20-11)13(15,16)17/h1,4-5,8,18H,2-3,6H2.